The predicted octanol–water partition coefficient (Wildman–Crippen LogP) is 0.417. The summed E-state index contributed by atoms with van der Waals surface area (Å²) in [5.41, 5.74) is 0.434. The van der Waals surface area contributed by atoms with Gasteiger partial charge in [-0.2, -0.15) is 0 Å². The van der Waals surface area contributed by atoms with Crippen LogP contribution in [-0.2, 0) is 0 Å². The molecule has 15 heavy (non-hydrogen) atoms. The molecule has 1 atom stereocenters. The van der Waals surface area contributed by atoms with Gasteiger partial charge in [-0.25, -0.2) is 4.98 Å². The van der Waals surface area contributed by atoms with Crippen LogP contribution in [0.3, 0.4) is 0 Å². The van der Waals surface area contributed by atoms with Crippen molar-refractivity contribution in [3.63, 3.8) is 0 Å². The van der Waals surface area contributed by atoms with Gasteiger partial charge in [-0.15, -0.1) is 0 Å². The number of rotatable bonds is 1. The Morgan fingerprint density at radius 3 is 3.13 bits per heavy atom. The maximum Gasteiger partial charge on any atom is 0.276 e. The van der Waals surface area contributed by atoms with E-state index in [2.05, 4.69) is 17.2 Å². The van der Waals surface area contributed by atoms with E-state index in [1.807, 2.05) is 4.90 Å². The normalized spacial score (nSPS) is 21.7. The summed E-state index contributed by atoms with van der Waals surface area (Å²) in [7, 11) is 0. The molecule has 5 nitrogen and oxygen atoms in total. The van der Waals surface area contributed by atoms with Crippen molar-refractivity contribution in [3.8, 4) is 0 Å². The molecule has 0 aromatic carbocycles. The van der Waals surface area contributed by atoms with Crippen molar-refractivity contribution in [2.24, 2.45) is 0 Å². The van der Waals surface area contributed by atoms with E-state index in [9.17, 15) is 4.79 Å². The molecule has 1 aromatic rings. The fourth-order valence-electron chi connectivity index (χ4n) is 1.78. The second-order valence-corrected chi connectivity index (χ2v) is 3.86. The number of oxazole rings is 1. The van der Waals surface area contributed by atoms with Gasteiger partial charge in [-0.1, -0.05) is 0 Å². The third kappa shape index (κ3) is 2.02. The molecule has 5 heteroatoms. The van der Waals surface area contributed by atoms with Gasteiger partial charge in [0.05, 0.1) is 0 Å². The minimum absolute atomic E-state index is 0.0328. The molecule has 1 aliphatic heterocycles. The quantitative estimate of drug-likeness (QED) is 0.728. The number of nitrogens with zero attached hydrogens (tertiary/aromatic N) is 2. The van der Waals surface area contributed by atoms with E-state index in [0.29, 0.717) is 17.5 Å². The molecule has 1 aromatic heterocycles. The Morgan fingerprint density at radius 1 is 1.73 bits per heavy atom. The van der Waals surface area contributed by atoms with Gasteiger partial charge in [-0.05, 0) is 13.8 Å². The van der Waals surface area contributed by atoms with Crippen molar-refractivity contribution in [1.82, 2.24) is 15.2 Å². The Hall–Kier alpha value is -1.36. The number of carbonyl (C=O) groups excluding carboxylic acids is 1. The molecule has 2 heterocycles. The van der Waals surface area contributed by atoms with Crippen LogP contribution in [0.1, 0.15) is 23.2 Å². The molecule has 1 amide bonds. The van der Waals surface area contributed by atoms with Crippen molar-refractivity contribution >= 4 is 5.91 Å². The smallest absolute Gasteiger partial charge is 0.276 e. The highest BCUT2D eigenvalue weighted by Crippen LogP contribution is 2.10. The fraction of sp³-hybridized carbons (Fsp3) is 0.600. The second kappa shape index (κ2) is 4.02. The minimum Gasteiger partial charge on any atom is -0.448 e. The second-order valence-electron chi connectivity index (χ2n) is 3.86. The number of piperazine rings is 1. The predicted molar refractivity (Wildman–Crippen MR) is 54.6 cm³/mol. The Balaban J connectivity index is 2.11. The van der Waals surface area contributed by atoms with Gasteiger partial charge in [0.15, 0.2) is 12.1 Å². The first kappa shape index (κ1) is 10.2. The highest BCUT2D eigenvalue weighted by atomic mass is 16.3. The third-order valence-corrected chi connectivity index (χ3v) is 2.60. The summed E-state index contributed by atoms with van der Waals surface area (Å²) in [6.07, 6.45) is 1.31. The Morgan fingerprint density at radius 2 is 2.53 bits per heavy atom. The fourth-order valence-corrected chi connectivity index (χ4v) is 1.78. The lowest BCUT2D eigenvalue weighted by atomic mass is 10.2. The van der Waals surface area contributed by atoms with Crippen LogP contribution >= 0.6 is 0 Å². The van der Waals surface area contributed by atoms with E-state index in [-0.39, 0.29) is 5.91 Å². The van der Waals surface area contributed by atoms with E-state index in [1.54, 1.807) is 6.92 Å². The molecule has 1 fully saturated rings. The topological polar surface area (TPSA) is 58.4 Å². The highest BCUT2D eigenvalue weighted by molar-refractivity contribution is 5.93. The van der Waals surface area contributed by atoms with Crippen LogP contribution in [0.25, 0.3) is 0 Å². The van der Waals surface area contributed by atoms with Gasteiger partial charge in [0, 0.05) is 25.7 Å². The zero-order chi connectivity index (χ0) is 10.8. The maximum absolute atomic E-state index is 12.0. The Kier molecular flexibility index (Phi) is 2.73. The Bertz CT molecular complexity index is 361. The minimum atomic E-state index is -0.0328. The first-order chi connectivity index (χ1) is 7.18. The van der Waals surface area contributed by atoms with Crippen molar-refractivity contribution in [2.45, 2.75) is 19.9 Å². The van der Waals surface area contributed by atoms with Gasteiger partial charge in [0.2, 0.25) is 0 Å². The summed E-state index contributed by atoms with van der Waals surface area (Å²) in [6, 6.07) is 0.343. The number of carbonyl (C=O) groups is 1. The lowest BCUT2D eigenvalue weighted by Crippen LogP contribution is -2.51. The van der Waals surface area contributed by atoms with E-state index in [0.717, 1.165) is 19.6 Å². The van der Waals surface area contributed by atoms with E-state index < -0.39 is 0 Å². The first-order valence-corrected chi connectivity index (χ1v) is 5.11. The van der Waals surface area contributed by atoms with Crippen LogP contribution < -0.4 is 5.32 Å². The molecule has 82 valence electrons. The lowest BCUT2D eigenvalue weighted by Gasteiger charge is -2.31. The molecule has 0 aliphatic carbocycles. The van der Waals surface area contributed by atoms with Crippen molar-refractivity contribution in [3.05, 3.63) is 17.8 Å². The third-order valence-electron chi connectivity index (χ3n) is 2.60. The molecule has 1 aliphatic rings. The molecule has 1 unspecified atom stereocenters. The van der Waals surface area contributed by atoms with E-state index in [4.69, 9.17) is 4.42 Å². The zero-order valence-corrected chi connectivity index (χ0v) is 8.99. The molecular formula is C10H15N3O2. The van der Waals surface area contributed by atoms with E-state index in [1.165, 1.54) is 6.39 Å². The summed E-state index contributed by atoms with van der Waals surface area (Å²) >= 11 is 0. The summed E-state index contributed by atoms with van der Waals surface area (Å²) < 4.78 is 5.03. The average molecular weight is 209 g/mol. The van der Waals surface area contributed by atoms with Crippen molar-refractivity contribution in [1.29, 1.82) is 0 Å². The number of aryl methyl sites for hydroxylation is 1. The number of aromatic nitrogens is 1. The number of hydrogen-bond acceptors (Lipinski definition) is 4. The standard InChI is InChI=1S/C10H15N3O2/c1-7-5-13(4-3-11-7)10(14)9-8(2)15-6-12-9/h6-7,11H,3-5H2,1-2H3. The summed E-state index contributed by atoms with van der Waals surface area (Å²) in [6.45, 7) is 6.12. The first-order valence-electron chi connectivity index (χ1n) is 5.11. The van der Waals surface area contributed by atoms with Crippen LogP contribution in [0.4, 0.5) is 0 Å². The number of hydrogen-bond donors (Lipinski definition) is 1. The van der Waals surface area contributed by atoms with Crippen LogP contribution in [0.15, 0.2) is 10.8 Å². The van der Waals surface area contributed by atoms with Gasteiger partial charge in [-0.3, -0.25) is 4.79 Å². The summed E-state index contributed by atoms with van der Waals surface area (Å²) in [4.78, 5) is 17.8. The van der Waals surface area contributed by atoms with Gasteiger partial charge in [0.1, 0.15) is 5.76 Å². The molecule has 1 saturated heterocycles. The van der Waals surface area contributed by atoms with Gasteiger partial charge < -0.3 is 14.6 Å². The summed E-state index contributed by atoms with van der Waals surface area (Å²) in [5, 5.41) is 3.29. The molecule has 0 radical (unpaired) electrons. The number of amides is 1. The molecule has 1 N–H and O–H groups in total. The van der Waals surface area contributed by atoms with E-state index >= 15 is 0 Å². The highest BCUT2D eigenvalue weighted by Gasteiger charge is 2.24. The lowest BCUT2D eigenvalue weighted by molar-refractivity contribution is 0.0702. The SMILES string of the molecule is Cc1ocnc1C(=O)N1CCNC(C)C1. The molecule has 2 rings (SSSR count). The van der Waals surface area contributed by atoms with Crippen LogP contribution in [-0.4, -0.2) is 41.5 Å². The largest absolute Gasteiger partial charge is 0.448 e. The summed E-state index contributed by atoms with van der Waals surface area (Å²) in [5.74, 6) is 0.556. The Labute approximate surface area is 88.5 Å². The zero-order valence-electron chi connectivity index (χ0n) is 8.99. The van der Waals surface area contributed by atoms with Crippen molar-refractivity contribution < 1.29 is 9.21 Å². The van der Waals surface area contributed by atoms with Crippen LogP contribution in [0.5, 0.6) is 0 Å². The maximum atomic E-state index is 12.0. The van der Waals surface area contributed by atoms with Crippen molar-refractivity contribution in [2.75, 3.05) is 19.6 Å². The van der Waals surface area contributed by atoms with Gasteiger partial charge in [0.25, 0.3) is 5.91 Å². The monoisotopic (exact) mass is 209 g/mol. The van der Waals surface area contributed by atoms with Crippen LogP contribution in [0.2, 0.25) is 0 Å². The van der Waals surface area contributed by atoms with Crippen LogP contribution in [0, 0.1) is 6.92 Å². The molecule has 0 bridgehead atoms. The van der Waals surface area contributed by atoms with Gasteiger partial charge >= 0.3 is 0 Å². The number of nitrogens with one attached hydrogen (secondary N) is 1. The molecule has 0 spiro atoms. The molecule has 0 saturated carbocycles. The molecular weight excluding hydrogens is 194 g/mol. The average Bonchev–Trinajstić information content (AvgIpc) is 2.63.